The topological polar surface area (TPSA) is 50.8 Å². The summed E-state index contributed by atoms with van der Waals surface area (Å²) >= 11 is 1.76. The molecule has 1 aliphatic rings. The summed E-state index contributed by atoms with van der Waals surface area (Å²) in [5, 5.41) is 0. The second-order valence-corrected chi connectivity index (χ2v) is 6.48. The zero-order valence-electron chi connectivity index (χ0n) is 13.0. The molecule has 0 aliphatic carbocycles. The second-order valence-electron chi connectivity index (χ2n) is 5.33. The van der Waals surface area contributed by atoms with Crippen molar-refractivity contribution in [1.29, 1.82) is 0 Å². The van der Waals surface area contributed by atoms with Crippen LogP contribution in [0.15, 0.2) is 69.4 Å². The highest BCUT2D eigenvalue weighted by atomic mass is 32.2. The first-order valence-electron chi connectivity index (χ1n) is 7.76. The van der Waals surface area contributed by atoms with Crippen LogP contribution in [-0.2, 0) is 11.3 Å². The molecule has 1 heterocycles. The van der Waals surface area contributed by atoms with Crippen LogP contribution in [0.4, 0.5) is 0 Å². The molecule has 1 fully saturated rings. The average Bonchev–Trinajstić information content (AvgIpc) is 2.62. The molecule has 0 unspecified atom stereocenters. The fraction of sp³-hybridized carbons (Fsp3) is 0.278. The first-order chi connectivity index (χ1) is 11.3. The van der Waals surface area contributed by atoms with Gasteiger partial charge in [0, 0.05) is 22.9 Å². The number of nitrogens with two attached hydrogens (primary N) is 1. The summed E-state index contributed by atoms with van der Waals surface area (Å²) in [6.45, 7) is 3.70. The number of ether oxygens (including phenoxy) is 1. The Morgan fingerprint density at radius 2 is 1.65 bits per heavy atom. The van der Waals surface area contributed by atoms with Crippen LogP contribution in [0.25, 0.3) is 0 Å². The standard InChI is InChI=1S/C18H21N3OS/c19-18(21-10-12-22-13-11-21)20-14-15-6-8-17(9-7-15)23-16-4-2-1-3-5-16/h1-9H,10-14H2,(H2,19,20). The SMILES string of the molecule is NC(=NCc1ccc(Sc2ccccc2)cc1)N1CCOCC1. The molecular formula is C18H21N3OS. The molecule has 2 aromatic rings. The number of morpholine rings is 1. The quantitative estimate of drug-likeness (QED) is 0.693. The number of rotatable bonds is 4. The Labute approximate surface area is 141 Å². The number of nitrogens with zero attached hydrogens (tertiary/aromatic N) is 2. The Bertz CT molecular complexity index is 637. The fourth-order valence-corrected chi connectivity index (χ4v) is 3.19. The van der Waals surface area contributed by atoms with E-state index in [2.05, 4.69) is 58.4 Å². The van der Waals surface area contributed by atoms with Crippen molar-refractivity contribution in [2.45, 2.75) is 16.3 Å². The van der Waals surface area contributed by atoms with Gasteiger partial charge >= 0.3 is 0 Å². The van der Waals surface area contributed by atoms with Crippen LogP contribution in [0.3, 0.4) is 0 Å². The van der Waals surface area contributed by atoms with Crippen LogP contribution in [0, 0.1) is 0 Å². The van der Waals surface area contributed by atoms with Gasteiger partial charge in [-0.1, -0.05) is 42.1 Å². The highest BCUT2D eigenvalue weighted by Crippen LogP contribution is 2.27. The van der Waals surface area contributed by atoms with E-state index in [4.69, 9.17) is 10.5 Å². The minimum Gasteiger partial charge on any atom is -0.378 e. The van der Waals surface area contributed by atoms with Gasteiger partial charge in [0.1, 0.15) is 0 Å². The third-order valence-electron chi connectivity index (χ3n) is 3.66. The lowest BCUT2D eigenvalue weighted by Gasteiger charge is -2.27. The summed E-state index contributed by atoms with van der Waals surface area (Å²) in [6.07, 6.45) is 0. The molecule has 4 nitrogen and oxygen atoms in total. The van der Waals surface area contributed by atoms with Crippen molar-refractivity contribution in [2.75, 3.05) is 26.3 Å². The van der Waals surface area contributed by atoms with E-state index in [-0.39, 0.29) is 0 Å². The van der Waals surface area contributed by atoms with Crippen molar-refractivity contribution in [3.8, 4) is 0 Å². The largest absolute Gasteiger partial charge is 0.378 e. The minimum atomic E-state index is 0.607. The van der Waals surface area contributed by atoms with Gasteiger partial charge in [0.25, 0.3) is 0 Å². The van der Waals surface area contributed by atoms with Crippen LogP contribution in [0.2, 0.25) is 0 Å². The molecule has 0 aromatic heterocycles. The third kappa shape index (κ3) is 4.74. The van der Waals surface area contributed by atoms with Crippen molar-refractivity contribution in [1.82, 2.24) is 4.90 Å². The summed E-state index contributed by atoms with van der Waals surface area (Å²) in [7, 11) is 0. The maximum Gasteiger partial charge on any atom is 0.191 e. The van der Waals surface area contributed by atoms with E-state index in [1.807, 2.05) is 6.07 Å². The van der Waals surface area contributed by atoms with E-state index in [0.717, 1.165) is 26.3 Å². The van der Waals surface area contributed by atoms with Crippen LogP contribution in [0.1, 0.15) is 5.56 Å². The smallest absolute Gasteiger partial charge is 0.191 e. The first kappa shape index (κ1) is 15.9. The fourth-order valence-electron chi connectivity index (χ4n) is 2.35. The molecule has 0 saturated carbocycles. The molecule has 0 amide bonds. The van der Waals surface area contributed by atoms with Crippen LogP contribution in [0.5, 0.6) is 0 Å². The monoisotopic (exact) mass is 327 g/mol. The molecule has 120 valence electrons. The van der Waals surface area contributed by atoms with Crippen LogP contribution < -0.4 is 5.73 Å². The molecule has 0 spiro atoms. The molecule has 23 heavy (non-hydrogen) atoms. The lowest BCUT2D eigenvalue weighted by Crippen LogP contribution is -2.44. The van der Waals surface area contributed by atoms with Crippen molar-refractivity contribution >= 4 is 17.7 Å². The summed E-state index contributed by atoms with van der Waals surface area (Å²) in [4.78, 5) is 9.03. The molecule has 0 radical (unpaired) electrons. The molecular weight excluding hydrogens is 306 g/mol. The van der Waals surface area contributed by atoms with Crippen molar-refractivity contribution in [2.24, 2.45) is 10.7 Å². The van der Waals surface area contributed by atoms with Gasteiger partial charge in [-0.3, -0.25) is 0 Å². The Kier molecular flexibility index (Phi) is 5.56. The Balaban J connectivity index is 1.57. The maximum absolute atomic E-state index is 6.04. The lowest BCUT2D eigenvalue weighted by atomic mass is 10.2. The molecule has 0 bridgehead atoms. The van der Waals surface area contributed by atoms with E-state index in [1.54, 1.807) is 11.8 Å². The van der Waals surface area contributed by atoms with Gasteiger partial charge in [-0.2, -0.15) is 0 Å². The first-order valence-corrected chi connectivity index (χ1v) is 8.57. The van der Waals surface area contributed by atoms with Gasteiger partial charge in [0.2, 0.25) is 0 Å². The number of guanidine groups is 1. The van der Waals surface area contributed by atoms with E-state index in [0.29, 0.717) is 12.5 Å². The van der Waals surface area contributed by atoms with E-state index >= 15 is 0 Å². The highest BCUT2D eigenvalue weighted by molar-refractivity contribution is 7.99. The third-order valence-corrected chi connectivity index (χ3v) is 4.68. The number of hydrogen-bond donors (Lipinski definition) is 1. The molecule has 5 heteroatoms. The Morgan fingerprint density at radius 1 is 1.00 bits per heavy atom. The van der Waals surface area contributed by atoms with Gasteiger partial charge in [-0.15, -0.1) is 0 Å². The van der Waals surface area contributed by atoms with Gasteiger partial charge in [-0.25, -0.2) is 4.99 Å². The predicted octanol–water partition coefficient (Wildman–Crippen LogP) is 2.98. The van der Waals surface area contributed by atoms with Crippen molar-refractivity contribution in [3.05, 3.63) is 60.2 Å². The average molecular weight is 327 g/mol. The number of benzene rings is 2. The molecule has 3 rings (SSSR count). The summed E-state index contributed by atoms with van der Waals surface area (Å²) in [5.74, 6) is 0.607. The molecule has 2 N–H and O–H groups in total. The van der Waals surface area contributed by atoms with E-state index in [9.17, 15) is 0 Å². The highest BCUT2D eigenvalue weighted by Gasteiger charge is 2.11. The number of aliphatic imine (C=N–C) groups is 1. The van der Waals surface area contributed by atoms with Gasteiger partial charge in [-0.05, 0) is 29.8 Å². The van der Waals surface area contributed by atoms with Crippen molar-refractivity contribution in [3.63, 3.8) is 0 Å². The van der Waals surface area contributed by atoms with Crippen LogP contribution >= 0.6 is 11.8 Å². The van der Waals surface area contributed by atoms with Gasteiger partial charge < -0.3 is 15.4 Å². The summed E-state index contributed by atoms with van der Waals surface area (Å²) in [5.41, 5.74) is 7.21. The van der Waals surface area contributed by atoms with Gasteiger partial charge in [0.05, 0.1) is 19.8 Å². The number of hydrogen-bond acceptors (Lipinski definition) is 3. The van der Waals surface area contributed by atoms with E-state index in [1.165, 1.54) is 15.4 Å². The Hall–Kier alpha value is -1.98. The summed E-state index contributed by atoms with van der Waals surface area (Å²) in [6, 6.07) is 18.9. The molecule has 0 atom stereocenters. The predicted molar refractivity (Wildman–Crippen MR) is 94.7 cm³/mol. The van der Waals surface area contributed by atoms with E-state index < -0.39 is 0 Å². The minimum absolute atomic E-state index is 0.607. The van der Waals surface area contributed by atoms with Crippen LogP contribution in [-0.4, -0.2) is 37.2 Å². The molecule has 1 saturated heterocycles. The molecule has 1 aliphatic heterocycles. The second kappa shape index (κ2) is 8.04. The zero-order valence-corrected chi connectivity index (χ0v) is 13.8. The Morgan fingerprint density at radius 3 is 2.35 bits per heavy atom. The zero-order chi connectivity index (χ0) is 15.9. The van der Waals surface area contributed by atoms with Crippen molar-refractivity contribution < 1.29 is 4.74 Å². The normalized spacial score (nSPS) is 15.7. The maximum atomic E-state index is 6.04. The molecule has 2 aromatic carbocycles. The van der Waals surface area contributed by atoms with Gasteiger partial charge in [0.15, 0.2) is 5.96 Å². The lowest BCUT2D eigenvalue weighted by molar-refractivity contribution is 0.0674. The summed E-state index contributed by atoms with van der Waals surface area (Å²) < 4.78 is 5.32.